The summed E-state index contributed by atoms with van der Waals surface area (Å²) in [5.41, 5.74) is 0.746. The SMILES string of the molecule is COc1ccc(Cl)cc1NCC(=O)N1C(C)CCCC1C. The molecule has 1 heterocycles. The van der Waals surface area contributed by atoms with Crippen LogP contribution in [-0.4, -0.2) is 36.5 Å². The van der Waals surface area contributed by atoms with E-state index in [9.17, 15) is 4.79 Å². The Morgan fingerprint density at radius 1 is 1.38 bits per heavy atom. The molecular weight excluding hydrogens is 288 g/mol. The molecular formula is C16H23ClN2O2. The highest BCUT2D eigenvalue weighted by Crippen LogP contribution is 2.28. The van der Waals surface area contributed by atoms with Crippen LogP contribution in [0.4, 0.5) is 5.69 Å². The third-order valence-electron chi connectivity index (χ3n) is 4.07. The number of benzene rings is 1. The molecule has 1 aromatic rings. The summed E-state index contributed by atoms with van der Waals surface area (Å²) in [6.07, 6.45) is 3.36. The van der Waals surface area contributed by atoms with Crippen molar-refractivity contribution in [2.24, 2.45) is 0 Å². The number of hydrogen-bond donors (Lipinski definition) is 1. The number of carbonyl (C=O) groups excluding carboxylic acids is 1. The lowest BCUT2D eigenvalue weighted by molar-refractivity contribution is -0.135. The minimum Gasteiger partial charge on any atom is -0.495 e. The van der Waals surface area contributed by atoms with Gasteiger partial charge in [-0.05, 0) is 51.3 Å². The molecule has 0 saturated carbocycles. The predicted molar refractivity (Wildman–Crippen MR) is 86.1 cm³/mol. The van der Waals surface area contributed by atoms with E-state index in [4.69, 9.17) is 16.3 Å². The molecule has 5 heteroatoms. The van der Waals surface area contributed by atoms with Crippen molar-refractivity contribution in [3.63, 3.8) is 0 Å². The number of nitrogens with zero attached hydrogens (tertiary/aromatic N) is 1. The largest absolute Gasteiger partial charge is 0.495 e. The van der Waals surface area contributed by atoms with Gasteiger partial charge in [0.1, 0.15) is 5.75 Å². The van der Waals surface area contributed by atoms with Gasteiger partial charge in [0.2, 0.25) is 5.91 Å². The number of hydrogen-bond acceptors (Lipinski definition) is 3. The van der Waals surface area contributed by atoms with E-state index in [1.54, 1.807) is 25.3 Å². The predicted octanol–water partition coefficient (Wildman–Crippen LogP) is 3.55. The van der Waals surface area contributed by atoms with E-state index in [1.807, 2.05) is 4.90 Å². The normalized spacial score (nSPS) is 22.0. The molecule has 0 spiro atoms. The van der Waals surface area contributed by atoms with Crippen LogP contribution in [0, 0.1) is 0 Å². The van der Waals surface area contributed by atoms with Crippen LogP contribution < -0.4 is 10.1 Å². The van der Waals surface area contributed by atoms with Crippen molar-refractivity contribution in [1.29, 1.82) is 0 Å². The number of piperidine rings is 1. The monoisotopic (exact) mass is 310 g/mol. The van der Waals surface area contributed by atoms with Gasteiger partial charge in [0.25, 0.3) is 0 Å². The van der Waals surface area contributed by atoms with Crippen LogP contribution in [0.3, 0.4) is 0 Å². The summed E-state index contributed by atoms with van der Waals surface area (Å²) in [6.45, 7) is 4.49. The topological polar surface area (TPSA) is 41.6 Å². The molecule has 0 radical (unpaired) electrons. The van der Waals surface area contributed by atoms with Gasteiger partial charge in [0.15, 0.2) is 0 Å². The fourth-order valence-electron chi connectivity index (χ4n) is 2.99. The molecule has 0 aromatic heterocycles. The highest BCUT2D eigenvalue weighted by atomic mass is 35.5. The van der Waals surface area contributed by atoms with Crippen LogP contribution in [0.1, 0.15) is 33.1 Å². The smallest absolute Gasteiger partial charge is 0.242 e. The molecule has 1 saturated heterocycles. The zero-order valence-corrected chi connectivity index (χ0v) is 13.6. The molecule has 0 aliphatic carbocycles. The Kier molecular flexibility index (Phi) is 5.34. The minimum atomic E-state index is 0.122. The first-order chi connectivity index (χ1) is 10.0. The molecule has 1 fully saturated rings. The van der Waals surface area contributed by atoms with Crippen molar-refractivity contribution in [1.82, 2.24) is 4.90 Å². The van der Waals surface area contributed by atoms with Crippen molar-refractivity contribution >= 4 is 23.2 Å². The molecule has 2 unspecified atom stereocenters. The van der Waals surface area contributed by atoms with Crippen LogP contribution in [0.25, 0.3) is 0 Å². The second-order valence-electron chi connectivity index (χ2n) is 5.63. The summed E-state index contributed by atoms with van der Waals surface area (Å²) < 4.78 is 5.27. The molecule has 1 aliphatic heterocycles. The van der Waals surface area contributed by atoms with E-state index in [0.29, 0.717) is 22.9 Å². The first kappa shape index (κ1) is 16.0. The van der Waals surface area contributed by atoms with Gasteiger partial charge in [-0.2, -0.15) is 0 Å². The van der Waals surface area contributed by atoms with Crippen LogP contribution in [-0.2, 0) is 4.79 Å². The summed E-state index contributed by atoms with van der Waals surface area (Å²) in [5, 5.41) is 3.76. The third-order valence-corrected chi connectivity index (χ3v) is 4.31. The van der Waals surface area contributed by atoms with Crippen LogP contribution >= 0.6 is 11.6 Å². The van der Waals surface area contributed by atoms with Gasteiger partial charge in [0.05, 0.1) is 19.3 Å². The van der Waals surface area contributed by atoms with E-state index < -0.39 is 0 Å². The maximum absolute atomic E-state index is 12.5. The van der Waals surface area contributed by atoms with Crippen LogP contribution in [0.5, 0.6) is 5.75 Å². The molecule has 1 N–H and O–H groups in total. The molecule has 4 nitrogen and oxygen atoms in total. The average molecular weight is 311 g/mol. The summed E-state index contributed by atoms with van der Waals surface area (Å²) in [6, 6.07) is 5.95. The molecule has 116 valence electrons. The number of amides is 1. The highest BCUT2D eigenvalue weighted by Gasteiger charge is 2.28. The Labute approximate surface area is 131 Å². The fourth-order valence-corrected chi connectivity index (χ4v) is 3.17. The molecule has 0 bridgehead atoms. The second-order valence-corrected chi connectivity index (χ2v) is 6.06. The van der Waals surface area contributed by atoms with Crippen molar-refractivity contribution in [2.75, 3.05) is 19.0 Å². The third kappa shape index (κ3) is 3.82. The quantitative estimate of drug-likeness (QED) is 0.924. The van der Waals surface area contributed by atoms with Gasteiger partial charge in [-0.1, -0.05) is 11.6 Å². The molecule has 2 atom stereocenters. The Morgan fingerprint density at radius 2 is 2.05 bits per heavy atom. The van der Waals surface area contributed by atoms with Crippen molar-refractivity contribution < 1.29 is 9.53 Å². The van der Waals surface area contributed by atoms with E-state index >= 15 is 0 Å². The Bertz CT molecular complexity index is 497. The lowest BCUT2D eigenvalue weighted by Crippen LogP contribution is -2.49. The lowest BCUT2D eigenvalue weighted by Gasteiger charge is -2.39. The number of likely N-dealkylation sites (tertiary alicyclic amines) is 1. The van der Waals surface area contributed by atoms with Gasteiger partial charge in [-0.15, -0.1) is 0 Å². The average Bonchev–Trinajstić information content (AvgIpc) is 2.45. The molecule has 2 rings (SSSR count). The van der Waals surface area contributed by atoms with Gasteiger partial charge < -0.3 is 15.0 Å². The van der Waals surface area contributed by atoms with Crippen LogP contribution in [0.2, 0.25) is 5.02 Å². The van der Waals surface area contributed by atoms with Crippen molar-refractivity contribution in [3.8, 4) is 5.75 Å². The van der Waals surface area contributed by atoms with Crippen molar-refractivity contribution in [2.45, 2.75) is 45.2 Å². The maximum Gasteiger partial charge on any atom is 0.242 e. The zero-order valence-electron chi connectivity index (χ0n) is 12.9. The lowest BCUT2D eigenvalue weighted by atomic mass is 9.97. The molecule has 21 heavy (non-hydrogen) atoms. The Morgan fingerprint density at radius 3 is 2.67 bits per heavy atom. The molecule has 1 amide bonds. The van der Waals surface area contributed by atoms with E-state index in [1.165, 1.54) is 6.42 Å². The standard InChI is InChI=1S/C16H23ClN2O2/c1-11-5-4-6-12(2)19(11)16(20)10-18-14-9-13(17)7-8-15(14)21-3/h7-9,11-12,18H,4-6,10H2,1-3H3. The van der Waals surface area contributed by atoms with Gasteiger partial charge in [-0.3, -0.25) is 4.79 Å². The van der Waals surface area contributed by atoms with Gasteiger partial charge >= 0.3 is 0 Å². The molecule has 1 aromatic carbocycles. The van der Waals surface area contributed by atoms with E-state index in [2.05, 4.69) is 19.2 Å². The second kappa shape index (κ2) is 7.03. The van der Waals surface area contributed by atoms with Crippen LogP contribution in [0.15, 0.2) is 18.2 Å². The number of carbonyl (C=O) groups is 1. The number of halogens is 1. The summed E-state index contributed by atoms with van der Waals surface area (Å²) in [7, 11) is 1.60. The number of nitrogens with one attached hydrogen (secondary N) is 1. The first-order valence-electron chi connectivity index (χ1n) is 7.41. The Hall–Kier alpha value is -1.42. The number of methoxy groups -OCH3 is 1. The van der Waals surface area contributed by atoms with E-state index in [-0.39, 0.29) is 12.5 Å². The minimum absolute atomic E-state index is 0.122. The first-order valence-corrected chi connectivity index (χ1v) is 7.79. The zero-order chi connectivity index (χ0) is 15.4. The number of rotatable bonds is 4. The number of ether oxygens (including phenoxy) is 1. The highest BCUT2D eigenvalue weighted by molar-refractivity contribution is 6.30. The van der Waals surface area contributed by atoms with Crippen molar-refractivity contribution in [3.05, 3.63) is 23.2 Å². The summed E-state index contributed by atoms with van der Waals surface area (Å²) in [4.78, 5) is 14.5. The van der Waals surface area contributed by atoms with E-state index in [0.717, 1.165) is 18.5 Å². The summed E-state index contributed by atoms with van der Waals surface area (Å²) in [5.74, 6) is 0.809. The maximum atomic E-state index is 12.5. The molecule has 1 aliphatic rings. The summed E-state index contributed by atoms with van der Waals surface area (Å²) >= 11 is 5.99. The van der Waals surface area contributed by atoms with Gasteiger partial charge in [-0.25, -0.2) is 0 Å². The fraction of sp³-hybridized carbons (Fsp3) is 0.562. The Balaban J connectivity index is 2.02. The number of anilines is 1. The van der Waals surface area contributed by atoms with Gasteiger partial charge in [0, 0.05) is 17.1 Å².